The van der Waals surface area contributed by atoms with Gasteiger partial charge in [0.1, 0.15) is 13.2 Å². The van der Waals surface area contributed by atoms with E-state index in [0.717, 1.165) is 25.5 Å². The average molecular weight is 354 g/mol. The molecule has 1 amide bonds. The van der Waals surface area contributed by atoms with Gasteiger partial charge in [0.2, 0.25) is 15.9 Å². The van der Waals surface area contributed by atoms with Gasteiger partial charge in [-0.1, -0.05) is 6.42 Å². The first kappa shape index (κ1) is 16.9. The largest absolute Gasteiger partial charge is 0.486 e. The van der Waals surface area contributed by atoms with E-state index < -0.39 is 10.0 Å². The van der Waals surface area contributed by atoms with Crippen molar-refractivity contribution in [1.82, 2.24) is 5.32 Å². The molecule has 1 fully saturated rings. The molecule has 7 nitrogen and oxygen atoms in total. The molecule has 1 aromatic carbocycles. The van der Waals surface area contributed by atoms with Crippen molar-refractivity contribution in [2.75, 3.05) is 36.9 Å². The first-order chi connectivity index (χ1) is 11.4. The molecule has 1 aliphatic heterocycles. The lowest BCUT2D eigenvalue weighted by molar-refractivity contribution is -0.127. The monoisotopic (exact) mass is 354 g/mol. The van der Waals surface area contributed by atoms with Crippen molar-refractivity contribution in [3.8, 4) is 11.5 Å². The fraction of sp³-hybridized carbons (Fsp3) is 0.562. The minimum absolute atomic E-state index is 0.0110. The number of anilines is 1. The summed E-state index contributed by atoms with van der Waals surface area (Å²) >= 11 is 0. The molecule has 1 saturated carbocycles. The molecule has 0 spiro atoms. The second-order valence-electron chi connectivity index (χ2n) is 6.08. The lowest BCUT2D eigenvalue weighted by Crippen LogP contribution is -2.41. The van der Waals surface area contributed by atoms with Crippen LogP contribution in [0.15, 0.2) is 18.2 Å². The molecule has 1 aliphatic carbocycles. The first-order valence-electron chi connectivity index (χ1n) is 8.10. The molecule has 0 unspecified atom stereocenters. The Morgan fingerprint density at radius 2 is 1.96 bits per heavy atom. The number of amides is 1. The van der Waals surface area contributed by atoms with Crippen molar-refractivity contribution in [1.29, 1.82) is 0 Å². The Kier molecular flexibility index (Phi) is 4.84. The normalized spacial score (nSPS) is 17.0. The number of carbonyl (C=O) groups excluding carboxylic acids is 1. The Labute approximate surface area is 142 Å². The quantitative estimate of drug-likeness (QED) is 0.828. The molecule has 0 atom stereocenters. The Morgan fingerprint density at radius 3 is 2.58 bits per heavy atom. The van der Waals surface area contributed by atoms with Crippen molar-refractivity contribution in [2.24, 2.45) is 5.92 Å². The molecule has 24 heavy (non-hydrogen) atoms. The van der Waals surface area contributed by atoms with Gasteiger partial charge >= 0.3 is 0 Å². The van der Waals surface area contributed by atoms with Gasteiger partial charge in [-0.15, -0.1) is 0 Å². The van der Waals surface area contributed by atoms with E-state index in [1.54, 1.807) is 18.2 Å². The predicted octanol–water partition coefficient (Wildman–Crippen LogP) is 1.14. The van der Waals surface area contributed by atoms with Crippen molar-refractivity contribution in [3.63, 3.8) is 0 Å². The summed E-state index contributed by atoms with van der Waals surface area (Å²) in [6, 6.07) is 5.04. The van der Waals surface area contributed by atoms with Crippen LogP contribution >= 0.6 is 0 Å². The lowest BCUT2D eigenvalue weighted by Gasteiger charge is -2.27. The summed E-state index contributed by atoms with van der Waals surface area (Å²) in [5, 5.41) is 2.82. The molecule has 1 N–H and O–H groups in total. The van der Waals surface area contributed by atoms with E-state index in [2.05, 4.69) is 5.32 Å². The summed E-state index contributed by atoms with van der Waals surface area (Å²) in [5.74, 6) is 1.24. The highest BCUT2D eigenvalue weighted by Gasteiger charge is 2.25. The molecular formula is C16H22N2O5S. The molecule has 1 heterocycles. The highest BCUT2D eigenvalue weighted by molar-refractivity contribution is 7.92. The van der Waals surface area contributed by atoms with Gasteiger partial charge in [0.25, 0.3) is 0 Å². The Balaban J connectivity index is 1.68. The summed E-state index contributed by atoms with van der Waals surface area (Å²) < 4.78 is 36.5. The van der Waals surface area contributed by atoms with E-state index in [9.17, 15) is 13.2 Å². The smallest absolute Gasteiger partial charge is 0.232 e. The molecule has 2 aliphatic rings. The Hall–Kier alpha value is -1.96. The first-order valence-corrected chi connectivity index (χ1v) is 9.95. The molecule has 8 heteroatoms. The molecule has 0 saturated heterocycles. The van der Waals surface area contributed by atoms with Gasteiger partial charge in [0.05, 0.1) is 18.5 Å². The zero-order valence-corrected chi connectivity index (χ0v) is 14.5. The third kappa shape index (κ3) is 3.75. The highest BCUT2D eigenvalue weighted by atomic mass is 32.2. The third-order valence-electron chi connectivity index (χ3n) is 4.30. The Bertz CT molecular complexity index is 715. The number of ether oxygens (including phenoxy) is 2. The number of rotatable bonds is 6. The van der Waals surface area contributed by atoms with Gasteiger partial charge in [0.15, 0.2) is 11.5 Å². The van der Waals surface area contributed by atoms with Crippen LogP contribution in [0.25, 0.3) is 0 Å². The number of sulfonamides is 1. The summed E-state index contributed by atoms with van der Waals surface area (Å²) in [6.07, 6.45) is 4.08. The van der Waals surface area contributed by atoms with Crippen LogP contribution in [0.3, 0.4) is 0 Å². The fourth-order valence-electron chi connectivity index (χ4n) is 2.77. The van der Waals surface area contributed by atoms with E-state index in [1.807, 2.05) is 0 Å². The number of hydrogen-bond acceptors (Lipinski definition) is 5. The van der Waals surface area contributed by atoms with Crippen LogP contribution in [0.2, 0.25) is 0 Å². The molecule has 1 aromatic rings. The van der Waals surface area contributed by atoms with Gasteiger partial charge in [-0.05, 0) is 25.0 Å². The van der Waals surface area contributed by atoms with E-state index in [1.165, 1.54) is 4.31 Å². The maximum Gasteiger partial charge on any atom is 0.232 e. The van der Waals surface area contributed by atoms with Crippen LogP contribution in [0, 0.1) is 5.92 Å². The molecule has 0 radical (unpaired) electrons. The molecule has 3 rings (SSSR count). The number of benzene rings is 1. The van der Waals surface area contributed by atoms with Gasteiger partial charge in [0, 0.05) is 18.5 Å². The van der Waals surface area contributed by atoms with E-state index >= 15 is 0 Å². The molecular weight excluding hydrogens is 332 g/mol. The van der Waals surface area contributed by atoms with E-state index in [4.69, 9.17) is 9.47 Å². The zero-order chi connectivity index (χ0) is 17.2. The summed E-state index contributed by atoms with van der Waals surface area (Å²) in [4.78, 5) is 11.9. The van der Waals surface area contributed by atoms with E-state index in [-0.39, 0.29) is 24.9 Å². The number of nitrogens with one attached hydrogen (secondary N) is 1. The molecule has 132 valence electrons. The number of hydrogen-bond donors (Lipinski definition) is 1. The summed E-state index contributed by atoms with van der Waals surface area (Å²) in [6.45, 7) is 1.37. The maximum atomic E-state index is 12.1. The van der Waals surface area contributed by atoms with Crippen molar-refractivity contribution in [2.45, 2.75) is 19.3 Å². The highest BCUT2D eigenvalue weighted by Crippen LogP contribution is 2.34. The minimum Gasteiger partial charge on any atom is -0.486 e. The molecule has 0 bridgehead atoms. The lowest BCUT2D eigenvalue weighted by atomic mass is 9.85. The second kappa shape index (κ2) is 6.88. The van der Waals surface area contributed by atoms with Crippen LogP contribution in [-0.2, 0) is 14.8 Å². The summed E-state index contributed by atoms with van der Waals surface area (Å²) in [7, 11) is -3.47. The van der Waals surface area contributed by atoms with Crippen LogP contribution < -0.4 is 19.1 Å². The number of fused-ring (bicyclic) bond motifs is 1. The van der Waals surface area contributed by atoms with Crippen molar-refractivity contribution in [3.05, 3.63) is 18.2 Å². The van der Waals surface area contributed by atoms with Gasteiger partial charge in [-0.25, -0.2) is 8.42 Å². The van der Waals surface area contributed by atoms with Crippen LogP contribution in [0.1, 0.15) is 19.3 Å². The van der Waals surface area contributed by atoms with E-state index in [0.29, 0.717) is 30.4 Å². The SMILES string of the molecule is CS(=O)(=O)N(CCNC(=O)C1CCC1)c1ccc2c(c1)OCCO2. The van der Waals surface area contributed by atoms with Gasteiger partial charge < -0.3 is 14.8 Å². The molecule has 0 aromatic heterocycles. The standard InChI is InChI=1S/C16H22N2O5S/c1-24(20,21)18(8-7-17-16(19)12-3-2-4-12)13-5-6-14-15(11-13)23-10-9-22-14/h5-6,11-12H,2-4,7-10H2,1H3,(H,17,19). The van der Waals surface area contributed by atoms with Gasteiger partial charge in [-0.3, -0.25) is 9.10 Å². The minimum atomic E-state index is -3.47. The summed E-state index contributed by atoms with van der Waals surface area (Å²) in [5.41, 5.74) is 0.500. The predicted molar refractivity (Wildman–Crippen MR) is 90.0 cm³/mol. The maximum absolute atomic E-state index is 12.1. The average Bonchev–Trinajstić information content (AvgIpc) is 2.48. The third-order valence-corrected chi connectivity index (χ3v) is 5.50. The van der Waals surface area contributed by atoms with Crippen LogP contribution in [-0.4, -0.2) is 46.9 Å². The second-order valence-corrected chi connectivity index (χ2v) is 7.99. The van der Waals surface area contributed by atoms with Gasteiger partial charge in [-0.2, -0.15) is 0 Å². The fourth-order valence-corrected chi connectivity index (χ4v) is 3.69. The number of nitrogens with zero attached hydrogens (tertiary/aromatic N) is 1. The number of carbonyl (C=O) groups is 1. The van der Waals surface area contributed by atoms with Crippen molar-refractivity contribution >= 4 is 21.6 Å². The topological polar surface area (TPSA) is 84.9 Å². The van der Waals surface area contributed by atoms with Crippen molar-refractivity contribution < 1.29 is 22.7 Å². The Morgan fingerprint density at radius 1 is 1.25 bits per heavy atom. The van der Waals surface area contributed by atoms with Crippen LogP contribution in [0.5, 0.6) is 11.5 Å². The zero-order valence-electron chi connectivity index (χ0n) is 13.7. The van der Waals surface area contributed by atoms with Crippen LogP contribution in [0.4, 0.5) is 5.69 Å².